The first-order chi connectivity index (χ1) is 8.65. The first-order valence-electron chi connectivity index (χ1n) is 6.81. The van der Waals surface area contributed by atoms with E-state index < -0.39 is 0 Å². The molecule has 0 aromatic heterocycles. The summed E-state index contributed by atoms with van der Waals surface area (Å²) in [5.74, 6) is 1.54. The topological polar surface area (TPSA) is 55.1 Å². The maximum atomic E-state index is 12.3. The SMILES string of the molecule is Cc1cccc(C(=O)NC2CC3CCC2C3)c1N. The number of nitrogens with one attached hydrogen (secondary N) is 1. The summed E-state index contributed by atoms with van der Waals surface area (Å²) in [5.41, 5.74) is 8.17. The van der Waals surface area contributed by atoms with Gasteiger partial charge < -0.3 is 11.1 Å². The van der Waals surface area contributed by atoms with Crippen molar-refractivity contribution in [2.75, 3.05) is 5.73 Å². The van der Waals surface area contributed by atoms with Crippen molar-refractivity contribution in [3.63, 3.8) is 0 Å². The summed E-state index contributed by atoms with van der Waals surface area (Å²) in [5, 5.41) is 3.18. The Balaban J connectivity index is 1.73. The van der Waals surface area contributed by atoms with Crippen molar-refractivity contribution in [1.29, 1.82) is 0 Å². The Morgan fingerprint density at radius 1 is 1.33 bits per heavy atom. The van der Waals surface area contributed by atoms with E-state index in [9.17, 15) is 4.79 Å². The van der Waals surface area contributed by atoms with E-state index in [0.717, 1.165) is 17.9 Å². The van der Waals surface area contributed by atoms with Crippen LogP contribution in [0.5, 0.6) is 0 Å². The molecule has 18 heavy (non-hydrogen) atoms. The fraction of sp³-hybridized carbons (Fsp3) is 0.533. The molecule has 96 valence electrons. The Labute approximate surface area is 108 Å². The number of carbonyl (C=O) groups excluding carboxylic acids is 1. The lowest BCUT2D eigenvalue weighted by atomic mass is 9.95. The van der Waals surface area contributed by atoms with Crippen molar-refractivity contribution in [3.05, 3.63) is 29.3 Å². The molecular weight excluding hydrogens is 224 g/mol. The van der Waals surface area contributed by atoms with Crippen molar-refractivity contribution in [3.8, 4) is 0 Å². The van der Waals surface area contributed by atoms with E-state index in [1.165, 1.54) is 19.3 Å². The number of anilines is 1. The number of amides is 1. The van der Waals surface area contributed by atoms with Crippen LogP contribution in [0, 0.1) is 18.8 Å². The molecule has 0 aliphatic heterocycles. The molecule has 0 radical (unpaired) electrons. The van der Waals surface area contributed by atoms with Gasteiger partial charge in [0.1, 0.15) is 0 Å². The second kappa shape index (κ2) is 4.30. The Morgan fingerprint density at radius 3 is 2.83 bits per heavy atom. The van der Waals surface area contributed by atoms with Crippen molar-refractivity contribution < 1.29 is 4.79 Å². The molecule has 3 atom stereocenters. The summed E-state index contributed by atoms with van der Waals surface area (Å²) in [6, 6.07) is 6.01. The van der Waals surface area contributed by atoms with Gasteiger partial charge in [0.05, 0.1) is 5.56 Å². The van der Waals surface area contributed by atoms with Gasteiger partial charge in [-0.3, -0.25) is 4.79 Å². The highest BCUT2D eigenvalue weighted by Gasteiger charge is 2.40. The molecular formula is C15H20N2O. The zero-order chi connectivity index (χ0) is 12.7. The molecule has 3 heteroatoms. The maximum absolute atomic E-state index is 12.3. The molecule has 0 heterocycles. The van der Waals surface area contributed by atoms with Crippen molar-refractivity contribution in [2.45, 2.75) is 38.6 Å². The smallest absolute Gasteiger partial charge is 0.253 e. The van der Waals surface area contributed by atoms with Crippen LogP contribution in [0.25, 0.3) is 0 Å². The van der Waals surface area contributed by atoms with Gasteiger partial charge >= 0.3 is 0 Å². The van der Waals surface area contributed by atoms with E-state index >= 15 is 0 Å². The molecule has 2 saturated carbocycles. The van der Waals surface area contributed by atoms with Gasteiger partial charge in [0.25, 0.3) is 5.91 Å². The number of benzene rings is 1. The molecule has 3 rings (SSSR count). The quantitative estimate of drug-likeness (QED) is 0.785. The minimum atomic E-state index is -0.00579. The number of nitrogen functional groups attached to an aromatic ring is 1. The average Bonchev–Trinajstić information content (AvgIpc) is 2.94. The number of carbonyl (C=O) groups is 1. The van der Waals surface area contributed by atoms with Gasteiger partial charge in [0.2, 0.25) is 0 Å². The van der Waals surface area contributed by atoms with Gasteiger partial charge in [0.15, 0.2) is 0 Å². The molecule has 2 fully saturated rings. The number of aryl methyl sites for hydroxylation is 1. The number of hydrogen-bond acceptors (Lipinski definition) is 2. The second-order valence-corrected chi connectivity index (χ2v) is 5.79. The fourth-order valence-electron chi connectivity index (χ4n) is 3.55. The molecule has 1 amide bonds. The Bertz CT molecular complexity index is 483. The van der Waals surface area contributed by atoms with Crippen LogP contribution >= 0.6 is 0 Å². The van der Waals surface area contributed by atoms with Crippen LogP contribution in [0.4, 0.5) is 5.69 Å². The maximum Gasteiger partial charge on any atom is 0.253 e. The molecule has 0 spiro atoms. The zero-order valence-electron chi connectivity index (χ0n) is 10.8. The zero-order valence-corrected chi connectivity index (χ0v) is 10.8. The standard InChI is InChI=1S/C15H20N2O/c1-9-3-2-4-12(14(9)16)15(18)17-13-8-10-5-6-11(13)7-10/h2-4,10-11,13H,5-8,16H2,1H3,(H,17,18). The van der Waals surface area contributed by atoms with E-state index in [-0.39, 0.29) is 5.91 Å². The third kappa shape index (κ3) is 1.88. The summed E-state index contributed by atoms with van der Waals surface area (Å²) < 4.78 is 0. The van der Waals surface area contributed by atoms with Crippen LogP contribution in [-0.2, 0) is 0 Å². The monoisotopic (exact) mass is 244 g/mol. The van der Waals surface area contributed by atoms with Gasteiger partial charge in [0, 0.05) is 11.7 Å². The van der Waals surface area contributed by atoms with Gasteiger partial charge in [-0.1, -0.05) is 18.6 Å². The second-order valence-electron chi connectivity index (χ2n) is 5.79. The first-order valence-corrected chi connectivity index (χ1v) is 6.81. The molecule has 2 bridgehead atoms. The van der Waals surface area contributed by atoms with Crippen LogP contribution in [-0.4, -0.2) is 11.9 Å². The highest BCUT2D eigenvalue weighted by molar-refractivity contribution is 5.99. The van der Waals surface area contributed by atoms with Crippen LogP contribution in [0.15, 0.2) is 18.2 Å². The Kier molecular flexibility index (Phi) is 2.77. The van der Waals surface area contributed by atoms with Crippen molar-refractivity contribution in [2.24, 2.45) is 11.8 Å². The minimum absolute atomic E-state index is 0.00579. The van der Waals surface area contributed by atoms with E-state index in [0.29, 0.717) is 23.2 Å². The van der Waals surface area contributed by atoms with Gasteiger partial charge in [-0.25, -0.2) is 0 Å². The Hall–Kier alpha value is -1.51. The number of nitrogens with two attached hydrogens (primary N) is 1. The van der Waals surface area contributed by atoms with Crippen LogP contribution in [0.2, 0.25) is 0 Å². The molecule has 0 saturated heterocycles. The minimum Gasteiger partial charge on any atom is -0.398 e. The number of fused-ring (bicyclic) bond motifs is 2. The number of para-hydroxylation sites is 1. The lowest BCUT2D eigenvalue weighted by Crippen LogP contribution is -2.38. The summed E-state index contributed by atoms with van der Waals surface area (Å²) in [4.78, 5) is 12.3. The van der Waals surface area contributed by atoms with Gasteiger partial charge in [-0.05, 0) is 49.7 Å². The van der Waals surface area contributed by atoms with E-state index in [4.69, 9.17) is 5.73 Å². The first kappa shape index (κ1) is 11.6. The van der Waals surface area contributed by atoms with Gasteiger partial charge in [-0.2, -0.15) is 0 Å². The van der Waals surface area contributed by atoms with E-state index in [1.807, 2.05) is 25.1 Å². The van der Waals surface area contributed by atoms with Crippen molar-refractivity contribution >= 4 is 11.6 Å². The van der Waals surface area contributed by atoms with Crippen LogP contribution in [0.1, 0.15) is 41.6 Å². The van der Waals surface area contributed by atoms with E-state index in [2.05, 4.69) is 5.32 Å². The summed E-state index contributed by atoms with van der Waals surface area (Å²) >= 11 is 0. The lowest BCUT2D eigenvalue weighted by Gasteiger charge is -2.23. The van der Waals surface area contributed by atoms with Gasteiger partial charge in [-0.15, -0.1) is 0 Å². The third-order valence-corrected chi connectivity index (χ3v) is 4.62. The third-order valence-electron chi connectivity index (χ3n) is 4.62. The van der Waals surface area contributed by atoms with Crippen LogP contribution in [0.3, 0.4) is 0 Å². The highest BCUT2D eigenvalue weighted by Crippen LogP contribution is 2.44. The summed E-state index contributed by atoms with van der Waals surface area (Å²) in [6.07, 6.45) is 5.08. The predicted molar refractivity (Wildman–Crippen MR) is 72.3 cm³/mol. The molecule has 1 aromatic carbocycles. The number of hydrogen-bond donors (Lipinski definition) is 2. The molecule has 3 unspecified atom stereocenters. The molecule has 3 nitrogen and oxygen atoms in total. The van der Waals surface area contributed by atoms with Crippen molar-refractivity contribution in [1.82, 2.24) is 5.32 Å². The molecule has 3 N–H and O–H groups in total. The molecule has 2 aliphatic carbocycles. The fourth-order valence-corrected chi connectivity index (χ4v) is 3.55. The average molecular weight is 244 g/mol. The lowest BCUT2D eigenvalue weighted by molar-refractivity contribution is 0.0924. The van der Waals surface area contributed by atoms with Crippen LogP contribution < -0.4 is 11.1 Å². The Morgan fingerprint density at radius 2 is 2.17 bits per heavy atom. The summed E-state index contributed by atoms with van der Waals surface area (Å²) in [7, 11) is 0. The van der Waals surface area contributed by atoms with E-state index in [1.54, 1.807) is 0 Å². The normalized spacial score (nSPS) is 29.5. The number of rotatable bonds is 2. The molecule has 1 aromatic rings. The highest BCUT2D eigenvalue weighted by atomic mass is 16.1. The largest absolute Gasteiger partial charge is 0.398 e. The summed E-state index contributed by atoms with van der Waals surface area (Å²) in [6.45, 7) is 1.93. The predicted octanol–water partition coefficient (Wildman–Crippen LogP) is 2.50. The molecule has 2 aliphatic rings.